The molecule has 25 heavy (non-hydrogen) atoms. The van der Waals surface area contributed by atoms with Gasteiger partial charge in [0.05, 0.1) is 4.92 Å². The lowest BCUT2D eigenvalue weighted by Crippen LogP contribution is -2.14. The molecule has 0 aliphatic carbocycles. The Morgan fingerprint density at radius 1 is 1.08 bits per heavy atom. The molecule has 7 heteroatoms. The summed E-state index contributed by atoms with van der Waals surface area (Å²) in [6.45, 7) is 3.85. The molecular weight excluding hydrogens is 327 g/mol. The predicted molar refractivity (Wildman–Crippen MR) is 91.2 cm³/mol. The highest BCUT2D eigenvalue weighted by Crippen LogP contribution is 2.22. The number of Topliss-reactive ketones (excluding diaryl/α,β-unsaturated/α-hetero) is 1. The van der Waals surface area contributed by atoms with Crippen molar-refractivity contribution in [3.8, 4) is 0 Å². The Hall–Kier alpha value is -3.09. The van der Waals surface area contributed by atoms with Gasteiger partial charge in [0.15, 0.2) is 5.78 Å². The molecule has 2 aromatic carbocycles. The third-order valence-electron chi connectivity index (χ3n) is 3.83. The lowest BCUT2D eigenvalue weighted by Gasteiger charge is -2.06. The van der Waals surface area contributed by atoms with Gasteiger partial charge in [-0.1, -0.05) is 12.1 Å². The molecule has 0 atom stereocenters. The van der Waals surface area contributed by atoms with Gasteiger partial charge in [-0.15, -0.1) is 0 Å². The van der Waals surface area contributed by atoms with Crippen LogP contribution in [0.15, 0.2) is 36.4 Å². The van der Waals surface area contributed by atoms with E-state index < -0.39 is 22.3 Å². The highest BCUT2D eigenvalue weighted by molar-refractivity contribution is 6.00. The van der Waals surface area contributed by atoms with E-state index in [4.69, 9.17) is 0 Å². The molecule has 130 valence electrons. The summed E-state index contributed by atoms with van der Waals surface area (Å²) >= 11 is 0. The maximum atomic E-state index is 13.3. The van der Waals surface area contributed by atoms with Gasteiger partial charge >= 0.3 is 5.69 Å². The third-order valence-corrected chi connectivity index (χ3v) is 3.83. The van der Waals surface area contributed by atoms with Crippen LogP contribution in [0.1, 0.15) is 34.3 Å². The van der Waals surface area contributed by atoms with Crippen molar-refractivity contribution in [1.29, 1.82) is 0 Å². The minimum absolute atomic E-state index is 0.0115. The lowest BCUT2D eigenvalue weighted by atomic mass is 10.0. The second-order valence-corrected chi connectivity index (χ2v) is 5.69. The molecule has 6 nitrogen and oxygen atoms in total. The van der Waals surface area contributed by atoms with E-state index in [-0.39, 0.29) is 24.3 Å². The molecule has 1 amide bonds. The number of aryl methyl sites for hydroxylation is 2. The molecule has 0 radical (unpaired) electrons. The molecule has 0 saturated carbocycles. The number of carbonyl (C=O) groups is 2. The average Bonchev–Trinajstić information content (AvgIpc) is 2.56. The van der Waals surface area contributed by atoms with Crippen LogP contribution in [-0.2, 0) is 4.79 Å². The summed E-state index contributed by atoms with van der Waals surface area (Å²) in [6, 6.07) is 8.42. The molecule has 0 bridgehead atoms. The normalized spacial score (nSPS) is 10.4. The zero-order valence-corrected chi connectivity index (χ0v) is 13.8. The summed E-state index contributed by atoms with van der Waals surface area (Å²) in [5.74, 6) is -1.62. The van der Waals surface area contributed by atoms with Gasteiger partial charge in [0.25, 0.3) is 0 Å². The van der Waals surface area contributed by atoms with Crippen LogP contribution in [0, 0.1) is 29.8 Å². The van der Waals surface area contributed by atoms with E-state index in [9.17, 15) is 24.1 Å². The third kappa shape index (κ3) is 4.69. The Morgan fingerprint density at radius 2 is 1.80 bits per heavy atom. The van der Waals surface area contributed by atoms with Gasteiger partial charge in [0.2, 0.25) is 11.7 Å². The Morgan fingerprint density at radius 3 is 2.44 bits per heavy atom. The Balaban J connectivity index is 1.96. The SMILES string of the molecule is Cc1ccc(C(=O)CCC(=O)Nc2ccc(F)c([N+](=O)[O-])c2)cc1C. The minimum atomic E-state index is -0.979. The van der Waals surface area contributed by atoms with E-state index in [1.165, 1.54) is 6.07 Å². The van der Waals surface area contributed by atoms with Crippen LogP contribution in [0.25, 0.3) is 0 Å². The fraction of sp³-hybridized carbons (Fsp3) is 0.222. The maximum absolute atomic E-state index is 13.3. The van der Waals surface area contributed by atoms with E-state index in [2.05, 4.69) is 5.32 Å². The van der Waals surface area contributed by atoms with Crippen molar-refractivity contribution < 1.29 is 18.9 Å². The van der Waals surface area contributed by atoms with E-state index in [0.717, 1.165) is 23.3 Å². The molecule has 0 aromatic heterocycles. The van der Waals surface area contributed by atoms with E-state index in [1.54, 1.807) is 12.1 Å². The van der Waals surface area contributed by atoms with Crippen LogP contribution < -0.4 is 5.32 Å². The van der Waals surface area contributed by atoms with Gasteiger partial charge in [-0.05, 0) is 43.2 Å². The van der Waals surface area contributed by atoms with Crippen molar-refractivity contribution >= 4 is 23.1 Å². The molecule has 2 aromatic rings. The number of halogens is 1. The first-order chi connectivity index (χ1) is 11.8. The van der Waals surface area contributed by atoms with Gasteiger partial charge in [-0.25, -0.2) is 0 Å². The van der Waals surface area contributed by atoms with Crippen molar-refractivity contribution in [2.45, 2.75) is 26.7 Å². The fourth-order valence-corrected chi connectivity index (χ4v) is 2.24. The second kappa shape index (κ2) is 7.65. The van der Waals surface area contributed by atoms with Crippen LogP contribution in [0.5, 0.6) is 0 Å². The van der Waals surface area contributed by atoms with E-state index >= 15 is 0 Å². The van der Waals surface area contributed by atoms with Crippen LogP contribution >= 0.6 is 0 Å². The van der Waals surface area contributed by atoms with Crippen LogP contribution in [0.4, 0.5) is 15.8 Å². The van der Waals surface area contributed by atoms with E-state index in [0.29, 0.717) is 5.56 Å². The lowest BCUT2D eigenvalue weighted by molar-refractivity contribution is -0.387. The largest absolute Gasteiger partial charge is 0.326 e. The summed E-state index contributed by atoms with van der Waals surface area (Å²) in [5, 5.41) is 13.1. The monoisotopic (exact) mass is 344 g/mol. The van der Waals surface area contributed by atoms with Gasteiger partial charge in [0, 0.05) is 30.2 Å². The second-order valence-electron chi connectivity index (χ2n) is 5.69. The summed E-state index contributed by atoms with van der Waals surface area (Å²) < 4.78 is 13.3. The molecule has 0 spiro atoms. The number of nitro benzene ring substituents is 1. The van der Waals surface area contributed by atoms with Gasteiger partial charge in [-0.2, -0.15) is 4.39 Å². The summed E-state index contributed by atoms with van der Waals surface area (Å²) in [6.07, 6.45) is -0.0610. The molecule has 0 unspecified atom stereocenters. The van der Waals surface area contributed by atoms with Crippen molar-refractivity contribution in [2.75, 3.05) is 5.32 Å². The summed E-state index contributed by atoms with van der Waals surface area (Å²) in [5.41, 5.74) is 2.00. The number of hydrogen-bond donors (Lipinski definition) is 1. The molecule has 0 saturated heterocycles. The smallest absolute Gasteiger partial charge is 0.306 e. The van der Waals surface area contributed by atoms with Crippen LogP contribution in [0.3, 0.4) is 0 Å². The fourth-order valence-electron chi connectivity index (χ4n) is 2.24. The minimum Gasteiger partial charge on any atom is -0.326 e. The molecule has 0 aliphatic heterocycles. The highest BCUT2D eigenvalue weighted by atomic mass is 19.1. The maximum Gasteiger partial charge on any atom is 0.306 e. The number of nitro groups is 1. The average molecular weight is 344 g/mol. The summed E-state index contributed by atoms with van der Waals surface area (Å²) in [7, 11) is 0. The molecule has 0 heterocycles. The first kappa shape index (κ1) is 18.3. The number of ketones is 1. The Kier molecular flexibility index (Phi) is 5.59. The number of anilines is 1. The number of benzene rings is 2. The first-order valence-electron chi connectivity index (χ1n) is 7.62. The number of hydrogen-bond acceptors (Lipinski definition) is 4. The molecule has 0 fully saturated rings. The van der Waals surface area contributed by atoms with Crippen molar-refractivity contribution in [3.63, 3.8) is 0 Å². The molecule has 1 N–H and O–H groups in total. The number of nitrogens with zero attached hydrogens (tertiary/aromatic N) is 1. The van der Waals surface area contributed by atoms with Crippen LogP contribution in [-0.4, -0.2) is 16.6 Å². The zero-order valence-electron chi connectivity index (χ0n) is 13.8. The number of carbonyl (C=O) groups excluding carboxylic acids is 2. The Bertz CT molecular complexity index is 849. The van der Waals surface area contributed by atoms with E-state index in [1.807, 2.05) is 19.9 Å². The zero-order chi connectivity index (χ0) is 18.6. The van der Waals surface area contributed by atoms with Crippen LogP contribution in [0.2, 0.25) is 0 Å². The Labute approximate surface area is 143 Å². The number of nitrogens with one attached hydrogen (secondary N) is 1. The first-order valence-corrected chi connectivity index (χ1v) is 7.62. The van der Waals surface area contributed by atoms with Crippen molar-refractivity contribution in [3.05, 3.63) is 69.0 Å². The molecule has 0 aliphatic rings. The summed E-state index contributed by atoms with van der Waals surface area (Å²) in [4.78, 5) is 33.9. The van der Waals surface area contributed by atoms with Gasteiger partial charge < -0.3 is 5.32 Å². The quantitative estimate of drug-likeness (QED) is 0.488. The highest BCUT2D eigenvalue weighted by Gasteiger charge is 2.16. The predicted octanol–water partition coefficient (Wildman–Crippen LogP) is 3.95. The molecule has 2 rings (SSSR count). The molecular formula is C18H17FN2O4. The number of amides is 1. The van der Waals surface area contributed by atoms with Gasteiger partial charge in [0.1, 0.15) is 0 Å². The standard InChI is InChI=1S/C18H17FN2O4/c1-11-3-4-13(9-12(11)2)17(22)7-8-18(23)20-14-5-6-15(19)16(10-14)21(24)25/h3-6,9-10H,7-8H2,1-2H3,(H,20,23). The topological polar surface area (TPSA) is 89.3 Å². The number of rotatable bonds is 6. The van der Waals surface area contributed by atoms with Crippen molar-refractivity contribution in [2.24, 2.45) is 0 Å². The van der Waals surface area contributed by atoms with Gasteiger partial charge in [-0.3, -0.25) is 19.7 Å². The van der Waals surface area contributed by atoms with Crippen molar-refractivity contribution in [1.82, 2.24) is 0 Å².